The summed E-state index contributed by atoms with van der Waals surface area (Å²) in [6.45, 7) is 0.214. The van der Waals surface area contributed by atoms with Gasteiger partial charge in [0.2, 0.25) is 0 Å². The van der Waals surface area contributed by atoms with Crippen LogP contribution in [-0.4, -0.2) is 11.0 Å². The molecule has 19 heavy (non-hydrogen) atoms. The molecule has 0 saturated heterocycles. The quantitative estimate of drug-likeness (QED) is 0.739. The number of phenolic OH excluding ortho intramolecular Hbond substituents is 1. The lowest BCUT2D eigenvalue weighted by molar-refractivity contribution is 0.0947. The highest BCUT2D eigenvalue weighted by molar-refractivity contribution is 5.94. The van der Waals surface area contributed by atoms with Gasteiger partial charge >= 0.3 is 0 Å². The number of hydrogen-bond acceptors (Lipinski definition) is 3. The van der Waals surface area contributed by atoms with Gasteiger partial charge in [-0.15, -0.1) is 0 Å². The summed E-state index contributed by atoms with van der Waals surface area (Å²) < 4.78 is 13.5. The Morgan fingerprint density at radius 2 is 2.00 bits per heavy atom. The predicted molar refractivity (Wildman–Crippen MR) is 70.1 cm³/mol. The molecular formula is C14H13FN2O2. The van der Waals surface area contributed by atoms with Gasteiger partial charge in [0.15, 0.2) is 0 Å². The highest BCUT2D eigenvalue weighted by atomic mass is 19.1. The second-order valence-corrected chi connectivity index (χ2v) is 4.05. The number of benzene rings is 2. The van der Waals surface area contributed by atoms with Crippen molar-refractivity contribution in [3.63, 3.8) is 0 Å². The van der Waals surface area contributed by atoms with Crippen LogP contribution in [0.25, 0.3) is 0 Å². The van der Waals surface area contributed by atoms with Gasteiger partial charge in [-0.1, -0.05) is 18.2 Å². The molecule has 0 aliphatic heterocycles. The zero-order chi connectivity index (χ0) is 13.8. The van der Waals surface area contributed by atoms with Crippen LogP contribution in [0.4, 0.5) is 10.1 Å². The molecule has 2 aromatic rings. The number of para-hydroxylation sites is 1. The van der Waals surface area contributed by atoms with Gasteiger partial charge in [0.25, 0.3) is 5.91 Å². The molecule has 0 heterocycles. The van der Waals surface area contributed by atoms with Gasteiger partial charge in [0.05, 0.1) is 5.56 Å². The maximum absolute atomic E-state index is 13.5. The Hall–Kier alpha value is -2.56. The van der Waals surface area contributed by atoms with Gasteiger partial charge in [-0.25, -0.2) is 4.39 Å². The van der Waals surface area contributed by atoms with Gasteiger partial charge in [-0.3, -0.25) is 4.79 Å². The van der Waals surface area contributed by atoms with E-state index < -0.39 is 11.7 Å². The molecule has 0 aliphatic carbocycles. The summed E-state index contributed by atoms with van der Waals surface area (Å²) in [5, 5.41) is 11.7. The first-order valence-corrected chi connectivity index (χ1v) is 5.68. The maximum atomic E-state index is 13.5. The van der Waals surface area contributed by atoms with Crippen molar-refractivity contribution in [1.29, 1.82) is 0 Å². The van der Waals surface area contributed by atoms with E-state index in [1.54, 1.807) is 24.3 Å². The summed E-state index contributed by atoms with van der Waals surface area (Å²) in [5.41, 5.74) is 6.94. The Kier molecular flexibility index (Phi) is 3.66. The molecule has 4 nitrogen and oxygen atoms in total. The third-order valence-electron chi connectivity index (χ3n) is 2.69. The number of hydrogen-bond donors (Lipinski definition) is 3. The van der Waals surface area contributed by atoms with Crippen LogP contribution < -0.4 is 11.1 Å². The smallest absolute Gasteiger partial charge is 0.254 e. The molecule has 1 amide bonds. The lowest BCUT2D eigenvalue weighted by atomic mass is 10.1. The standard InChI is InChI=1S/C14H13FN2O2/c15-12-7-10(18)5-6-11(12)14(19)17-8-9-3-1-2-4-13(9)16/h1-7,18H,8,16H2,(H,17,19). The van der Waals surface area contributed by atoms with E-state index in [0.717, 1.165) is 11.6 Å². The number of phenols is 1. The topological polar surface area (TPSA) is 75.3 Å². The molecule has 0 radical (unpaired) electrons. The van der Waals surface area contributed by atoms with Gasteiger partial charge in [-0.05, 0) is 23.8 Å². The van der Waals surface area contributed by atoms with Gasteiger partial charge in [0.1, 0.15) is 11.6 Å². The summed E-state index contributed by atoms with van der Waals surface area (Å²) in [5.74, 6) is -1.54. The second kappa shape index (κ2) is 5.39. The normalized spacial score (nSPS) is 10.2. The van der Waals surface area contributed by atoms with Gasteiger partial charge in [-0.2, -0.15) is 0 Å². The van der Waals surface area contributed by atoms with Gasteiger partial charge < -0.3 is 16.2 Å². The van der Waals surface area contributed by atoms with Crippen molar-refractivity contribution in [2.75, 3.05) is 5.73 Å². The van der Waals surface area contributed by atoms with E-state index in [4.69, 9.17) is 10.8 Å². The van der Waals surface area contributed by atoms with Crippen LogP contribution in [0.5, 0.6) is 5.75 Å². The van der Waals surface area contributed by atoms with Crippen LogP contribution in [-0.2, 0) is 6.54 Å². The van der Waals surface area contributed by atoms with E-state index in [2.05, 4.69) is 5.32 Å². The molecule has 5 heteroatoms. The molecule has 0 fully saturated rings. The third-order valence-corrected chi connectivity index (χ3v) is 2.69. The molecule has 4 N–H and O–H groups in total. The molecular weight excluding hydrogens is 247 g/mol. The van der Waals surface area contributed by atoms with Crippen LogP contribution in [0, 0.1) is 5.82 Å². The Morgan fingerprint density at radius 3 is 2.68 bits per heavy atom. The largest absolute Gasteiger partial charge is 0.508 e. The van der Waals surface area contributed by atoms with E-state index in [0.29, 0.717) is 5.69 Å². The van der Waals surface area contributed by atoms with Crippen molar-refractivity contribution >= 4 is 11.6 Å². The average molecular weight is 260 g/mol. The van der Waals surface area contributed by atoms with E-state index >= 15 is 0 Å². The summed E-state index contributed by atoms with van der Waals surface area (Å²) in [6, 6.07) is 10.5. The number of halogens is 1. The first-order chi connectivity index (χ1) is 9.08. The SMILES string of the molecule is Nc1ccccc1CNC(=O)c1ccc(O)cc1F. The Labute approximate surface area is 109 Å². The van der Waals surface area contributed by atoms with Crippen molar-refractivity contribution in [1.82, 2.24) is 5.32 Å². The Morgan fingerprint density at radius 1 is 1.26 bits per heavy atom. The molecule has 2 aromatic carbocycles. The number of carbonyl (C=O) groups excluding carboxylic acids is 1. The molecule has 0 unspecified atom stereocenters. The first-order valence-electron chi connectivity index (χ1n) is 5.68. The van der Waals surface area contributed by atoms with Crippen molar-refractivity contribution in [3.8, 4) is 5.75 Å². The molecule has 0 atom stereocenters. The number of nitrogen functional groups attached to an aromatic ring is 1. The van der Waals surface area contributed by atoms with Crippen LogP contribution in [0.3, 0.4) is 0 Å². The molecule has 0 bridgehead atoms. The minimum absolute atomic E-state index is 0.118. The van der Waals surface area contributed by atoms with Crippen molar-refractivity contribution in [2.24, 2.45) is 0 Å². The minimum Gasteiger partial charge on any atom is -0.508 e. The minimum atomic E-state index is -0.765. The Balaban J connectivity index is 2.08. The molecule has 2 rings (SSSR count). The molecule has 0 aliphatic rings. The van der Waals surface area contributed by atoms with Crippen LogP contribution in [0.1, 0.15) is 15.9 Å². The number of nitrogens with two attached hydrogens (primary N) is 1. The van der Waals surface area contributed by atoms with E-state index in [1.807, 2.05) is 0 Å². The summed E-state index contributed by atoms with van der Waals surface area (Å²) in [7, 11) is 0. The zero-order valence-electron chi connectivity index (χ0n) is 10.1. The van der Waals surface area contributed by atoms with Crippen molar-refractivity contribution < 1.29 is 14.3 Å². The highest BCUT2D eigenvalue weighted by Crippen LogP contribution is 2.15. The van der Waals surface area contributed by atoms with Gasteiger partial charge in [0, 0.05) is 18.3 Å². The van der Waals surface area contributed by atoms with Crippen molar-refractivity contribution in [2.45, 2.75) is 6.54 Å². The predicted octanol–water partition coefficient (Wildman–Crippen LogP) is 2.04. The van der Waals surface area contributed by atoms with Crippen LogP contribution in [0.15, 0.2) is 42.5 Å². The number of anilines is 1. The first kappa shape index (κ1) is 12.9. The third kappa shape index (κ3) is 3.01. The summed E-state index contributed by atoms with van der Waals surface area (Å²) in [4.78, 5) is 11.8. The highest BCUT2D eigenvalue weighted by Gasteiger charge is 2.12. The lowest BCUT2D eigenvalue weighted by Crippen LogP contribution is -2.24. The van der Waals surface area contributed by atoms with E-state index in [-0.39, 0.29) is 17.9 Å². The number of carbonyl (C=O) groups is 1. The van der Waals surface area contributed by atoms with Crippen LogP contribution >= 0.6 is 0 Å². The fraction of sp³-hybridized carbons (Fsp3) is 0.0714. The Bertz CT molecular complexity index is 614. The van der Waals surface area contributed by atoms with Crippen molar-refractivity contribution in [3.05, 3.63) is 59.4 Å². The van der Waals surface area contributed by atoms with E-state index in [1.165, 1.54) is 12.1 Å². The molecule has 0 saturated carbocycles. The molecule has 0 spiro atoms. The fourth-order valence-corrected chi connectivity index (χ4v) is 1.65. The maximum Gasteiger partial charge on any atom is 0.254 e. The molecule has 98 valence electrons. The average Bonchev–Trinajstić information content (AvgIpc) is 2.37. The fourth-order valence-electron chi connectivity index (χ4n) is 1.65. The zero-order valence-corrected chi connectivity index (χ0v) is 10.1. The van der Waals surface area contributed by atoms with E-state index in [9.17, 15) is 9.18 Å². The number of aromatic hydroxyl groups is 1. The lowest BCUT2D eigenvalue weighted by Gasteiger charge is -2.08. The molecule has 0 aromatic heterocycles. The van der Waals surface area contributed by atoms with Crippen LogP contribution in [0.2, 0.25) is 0 Å². The monoisotopic (exact) mass is 260 g/mol. The second-order valence-electron chi connectivity index (χ2n) is 4.05. The number of nitrogens with one attached hydrogen (secondary N) is 1. The summed E-state index contributed by atoms with van der Waals surface area (Å²) >= 11 is 0. The summed E-state index contributed by atoms with van der Waals surface area (Å²) in [6.07, 6.45) is 0. The number of rotatable bonds is 3. The number of amides is 1.